The molecule has 1 unspecified atom stereocenters. The van der Waals surface area contributed by atoms with E-state index in [-0.39, 0.29) is 36.9 Å². The number of methoxy groups -OCH3 is 1. The number of halogens is 1. The third-order valence-corrected chi connectivity index (χ3v) is 6.79. The number of fused-ring (bicyclic) bond motifs is 7. The van der Waals surface area contributed by atoms with Gasteiger partial charge in [0.05, 0.1) is 25.4 Å². The van der Waals surface area contributed by atoms with Crippen molar-refractivity contribution in [2.24, 2.45) is 11.8 Å². The number of amides is 3. The molecule has 5 rings (SSSR count). The molecule has 0 aromatic heterocycles. The smallest absolute Gasteiger partial charge is 0.291 e. The molecule has 0 radical (unpaired) electrons. The highest BCUT2D eigenvalue weighted by atomic mass is 19.1. The second-order valence-corrected chi connectivity index (χ2v) is 7.80. The molecule has 1 aromatic carbocycles. The van der Waals surface area contributed by atoms with Gasteiger partial charge in [0.25, 0.3) is 5.91 Å². The number of rotatable bonds is 3. The van der Waals surface area contributed by atoms with Crippen LogP contribution in [0.1, 0.15) is 18.4 Å². The van der Waals surface area contributed by atoms with E-state index in [1.807, 2.05) is 0 Å². The Hall–Kier alpha value is -2.32. The Morgan fingerprint density at radius 2 is 2.15 bits per heavy atom. The zero-order valence-electron chi connectivity index (χ0n) is 15.0. The molecule has 3 fully saturated rings. The van der Waals surface area contributed by atoms with E-state index >= 15 is 0 Å². The summed E-state index contributed by atoms with van der Waals surface area (Å²) in [5.74, 6) is -2.63. The number of hydrogen-bond donors (Lipinski definition) is 2. The lowest BCUT2D eigenvalue weighted by Gasteiger charge is -2.33. The molecular formula is C19H21FN3O4+. The lowest BCUT2D eigenvalue weighted by molar-refractivity contribution is -0.948. The van der Waals surface area contributed by atoms with Crippen molar-refractivity contribution in [3.05, 3.63) is 29.6 Å². The fourth-order valence-electron chi connectivity index (χ4n) is 5.89. The van der Waals surface area contributed by atoms with Crippen LogP contribution in [0.2, 0.25) is 0 Å². The topological polar surface area (TPSA) is 80.1 Å². The molecule has 1 aromatic rings. The summed E-state index contributed by atoms with van der Waals surface area (Å²) >= 11 is 0. The predicted octanol–water partition coefficient (Wildman–Crippen LogP) is -0.718. The van der Waals surface area contributed by atoms with Crippen molar-refractivity contribution < 1.29 is 28.4 Å². The summed E-state index contributed by atoms with van der Waals surface area (Å²) in [6.45, 7) is 1.12. The largest absolute Gasteiger partial charge is 0.383 e. The Balaban J connectivity index is 1.69. The highest BCUT2D eigenvalue weighted by molar-refractivity contribution is 6.14. The predicted molar refractivity (Wildman–Crippen MR) is 91.1 cm³/mol. The van der Waals surface area contributed by atoms with Crippen LogP contribution in [0.25, 0.3) is 0 Å². The average molecular weight is 374 g/mol. The molecule has 1 spiro atoms. The van der Waals surface area contributed by atoms with E-state index in [4.69, 9.17) is 4.74 Å². The van der Waals surface area contributed by atoms with Gasteiger partial charge in [-0.05, 0) is 18.2 Å². The summed E-state index contributed by atoms with van der Waals surface area (Å²) in [6, 6.07) is 4.10. The Labute approximate surface area is 155 Å². The fourth-order valence-corrected chi connectivity index (χ4v) is 5.89. The van der Waals surface area contributed by atoms with Gasteiger partial charge in [0.1, 0.15) is 23.7 Å². The minimum Gasteiger partial charge on any atom is -0.383 e. The van der Waals surface area contributed by atoms with Crippen LogP contribution >= 0.6 is 0 Å². The molecule has 5 atom stereocenters. The van der Waals surface area contributed by atoms with E-state index in [1.54, 1.807) is 6.07 Å². The maximum absolute atomic E-state index is 14.1. The molecule has 142 valence electrons. The van der Waals surface area contributed by atoms with E-state index in [2.05, 4.69) is 5.32 Å². The van der Waals surface area contributed by atoms with Crippen molar-refractivity contribution in [1.29, 1.82) is 0 Å². The van der Waals surface area contributed by atoms with Crippen LogP contribution in [0.4, 0.5) is 10.1 Å². The highest BCUT2D eigenvalue weighted by Crippen LogP contribution is 2.51. The van der Waals surface area contributed by atoms with Crippen LogP contribution in [0, 0.1) is 17.7 Å². The summed E-state index contributed by atoms with van der Waals surface area (Å²) in [4.78, 5) is 41.8. The molecule has 0 bridgehead atoms. The number of ether oxygens (including phenoxy) is 1. The number of hydrogen-bond acceptors (Lipinski definition) is 4. The van der Waals surface area contributed by atoms with E-state index in [0.717, 1.165) is 17.7 Å². The van der Waals surface area contributed by atoms with Crippen molar-refractivity contribution in [2.45, 2.75) is 24.4 Å². The molecule has 4 heterocycles. The van der Waals surface area contributed by atoms with Crippen molar-refractivity contribution in [3.63, 3.8) is 0 Å². The van der Waals surface area contributed by atoms with E-state index in [9.17, 15) is 18.8 Å². The van der Waals surface area contributed by atoms with Crippen molar-refractivity contribution in [2.75, 3.05) is 32.1 Å². The molecule has 3 saturated heterocycles. The van der Waals surface area contributed by atoms with Crippen molar-refractivity contribution >= 4 is 23.4 Å². The van der Waals surface area contributed by atoms with Crippen molar-refractivity contribution in [3.8, 4) is 0 Å². The molecule has 2 N–H and O–H groups in total. The van der Waals surface area contributed by atoms with E-state index < -0.39 is 23.2 Å². The minimum absolute atomic E-state index is 0.0982. The van der Waals surface area contributed by atoms with Gasteiger partial charge in [0.15, 0.2) is 0 Å². The molecule has 8 heteroatoms. The third kappa shape index (κ3) is 1.89. The quantitative estimate of drug-likeness (QED) is 0.685. The van der Waals surface area contributed by atoms with Crippen LogP contribution in [0.15, 0.2) is 18.2 Å². The number of quaternary nitrogens is 1. The normalized spacial score (nSPS) is 36.4. The van der Waals surface area contributed by atoms with Crippen LogP contribution in [0.3, 0.4) is 0 Å². The number of carbonyl (C=O) groups is 3. The number of imide groups is 1. The molecule has 0 aliphatic carbocycles. The molecule has 3 amide bonds. The second kappa shape index (κ2) is 5.59. The molecular weight excluding hydrogens is 353 g/mol. The summed E-state index contributed by atoms with van der Waals surface area (Å²) < 4.78 is 19.1. The highest BCUT2D eigenvalue weighted by Gasteiger charge is 2.78. The van der Waals surface area contributed by atoms with Crippen molar-refractivity contribution in [1.82, 2.24) is 4.90 Å². The Bertz CT molecular complexity index is 875. The van der Waals surface area contributed by atoms with Gasteiger partial charge >= 0.3 is 0 Å². The first-order valence-corrected chi connectivity index (χ1v) is 9.33. The number of benzene rings is 1. The average Bonchev–Trinajstić information content (AvgIpc) is 3.33. The first kappa shape index (κ1) is 16.8. The Morgan fingerprint density at radius 1 is 1.33 bits per heavy atom. The molecule has 4 aliphatic heterocycles. The molecule has 0 saturated carbocycles. The zero-order chi connectivity index (χ0) is 18.9. The maximum atomic E-state index is 14.1. The second-order valence-electron chi connectivity index (χ2n) is 7.80. The number of carbonyl (C=O) groups excluding carboxylic acids is 3. The summed E-state index contributed by atoms with van der Waals surface area (Å²) in [6.07, 6.45) is 1.66. The number of nitrogens with one attached hydrogen (secondary N) is 2. The van der Waals surface area contributed by atoms with Gasteiger partial charge in [-0.3, -0.25) is 19.3 Å². The molecule has 4 aliphatic rings. The fraction of sp³-hybridized carbons (Fsp3) is 0.526. The first-order valence-electron chi connectivity index (χ1n) is 9.33. The third-order valence-electron chi connectivity index (χ3n) is 6.79. The summed E-state index contributed by atoms with van der Waals surface area (Å²) in [5.41, 5.74) is -0.176. The van der Waals surface area contributed by atoms with Crippen LogP contribution in [-0.4, -0.2) is 55.5 Å². The van der Waals surface area contributed by atoms with E-state index in [1.165, 1.54) is 24.1 Å². The standard InChI is InChI=1S/C19H20FN3O4/c1-27-8-7-22-16(24)14-13-3-2-6-23(13)19(15(14)17(22)25)11-9-10(20)4-5-12(11)21-18(19)26/h4-5,9,13-15H,2-3,6-8H2,1H3,(H,21,26)/p+1/t13-,14+,15-,19+/m0/s1. The van der Waals surface area contributed by atoms with Gasteiger partial charge in [0.2, 0.25) is 17.4 Å². The van der Waals surface area contributed by atoms with E-state index in [0.29, 0.717) is 17.8 Å². The Kier molecular flexibility index (Phi) is 3.48. The SMILES string of the molecule is COCCN1C(=O)[C@H]2[C@@H](C1=O)[C@]1(C(=O)Nc3ccc(F)cc31)[NH+]1CCC[C@@H]21. The summed E-state index contributed by atoms with van der Waals surface area (Å²) in [5, 5.41) is 2.84. The monoisotopic (exact) mass is 374 g/mol. The van der Waals surface area contributed by atoms with Gasteiger partial charge in [-0.2, -0.15) is 0 Å². The lowest BCUT2D eigenvalue weighted by atomic mass is 9.75. The maximum Gasteiger partial charge on any atom is 0.291 e. The molecule has 27 heavy (non-hydrogen) atoms. The van der Waals surface area contributed by atoms with Gasteiger partial charge in [-0.25, -0.2) is 4.39 Å². The first-order chi connectivity index (χ1) is 13.0. The Morgan fingerprint density at radius 3 is 2.93 bits per heavy atom. The summed E-state index contributed by atoms with van der Waals surface area (Å²) in [7, 11) is 1.51. The van der Waals surface area contributed by atoms with Gasteiger partial charge < -0.3 is 15.0 Å². The van der Waals surface area contributed by atoms with Gasteiger partial charge in [0, 0.05) is 25.5 Å². The minimum atomic E-state index is -1.22. The number of nitrogens with zero attached hydrogens (tertiary/aromatic N) is 1. The van der Waals surface area contributed by atoms with Gasteiger partial charge in [-0.1, -0.05) is 0 Å². The van der Waals surface area contributed by atoms with Gasteiger partial charge in [-0.15, -0.1) is 0 Å². The van der Waals surface area contributed by atoms with Crippen LogP contribution in [-0.2, 0) is 24.7 Å². The lowest BCUT2D eigenvalue weighted by Crippen LogP contribution is -3.19. The van der Waals surface area contributed by atoms with Crippen LogP contribution in [0.5, 0.6) is 0 Å². The van der Waals surface area contributed by atoms with Crippen LogP contribution < -0.4 is 10.2 Å². The number of likely N-dealkylation sites (tertiary alicyclic amines) is 1. The zero-order valence-corrected chi connectivity index (χ0v) is 15.0. The molecule has 7 nitrogen and oxygen atoms in total. The number of anilines is 1.